The summed E-state index contributed by atoms with van der Waals surface area (Å²) in [4.78, 5) is 9.55. The van der Waals surface area contributed by atoms with E-state index < -0.39 is 0 Å². The molecule has 2 bridgehead atoms. The van der Waals surface area contributed by atoms with Gasteiger partial charge >= 0.3 is 0 Å². The fourth-order valence-corrected chi connectivity index (χ4v) is 3.89. The summed E-state index contributed by atoms with van der Waals surface area (Å²) >= 11 is 1.55. The number of hydrogen-bond donors (Lipinski definition) is 1. The first-order valence-corrected chi connectivity index (χ1v) is 7.74. The van der Waals surface area contributed by atoms with Gasteiger partial charge in [-0.15, -0.1) is 11.3 Å². The normalized spacial score (nSPS) is 29.6. The zero-order valence-corrected chi connectivity index (χ0v) is 11.8. The van der Waals surface area contributed by atoms with Gasteiger partial charge in [-0.1, -0.05) is 0 Å². The summed E-state index contributed by atoms with van der Waals surface area (Å²) in [5.74, 6) is 0. The van der Waals surface area contributed by atoms with Crippen molar-refractivity contribution in [2.24, 2.45) is 0 Å². The maximum Gasteiger partial charge on any atom is 0.180 e. The first-order chi connectivity index (χ1) is 8.72. The van der Waals surface area contributed by atoms with Gasteiger partial charge < -0.3 is 10.6 Å². The molecule has 2 N–H and O–H groups in total. The van der Waals surface area contributed by atoms with Crippen molar-refractivity contribution in [3.05, 3.63) is 11.1 Å². The van der Waals surface area contributed by atoms with E-state index in [1.54, 1.807) is 11.3 Å². The van der Waals surface area contributed by atoms with Crippen molar-refractivity contribution in [3.63, 3.8) is 0 Å². The molecule has 2 saturated heterocycles. The van der Waals surface area contributed by atoms with Crippen molar-refractivity contribution >= 4 is 16.5 Å². The molecule has 2 fully saturated rings. The van der Waals surface area contributed by atoms with E-state index in [1.807, 2.05) is 0 Å². The Hall–Kier alpha value is -0.650. The van der Waals surface area contributed by atoms with E-state index in [2.05, 4.69) is 27.2 Å². The van der Waals surface area contributed by atoms with E-state index in [0.717, 1.165) is 30.7 Å². The van der Waals surface area contributed by atoms with Gasteiger partial charge in [-0.2, -0.15) is 0 Å². The van der Waals surface area contributed by atoms with Crippen LogP contribution in [0.4, 0.5) is 5.13 Å². The van der Waals surface area contributed by atoms with Gasteiger partial charge in [0.25, 0.3) is 0 Å². The highest BCUT2D eigenvalue weighted by Crippen LogP contribution is 2.28. The van der Waals surface area contributed by atoms with E-state index in [9.17, 15) is 0 Å². The number of anilines is 1. The van der Waals surface area contributed by atoms with Gasteiger partial charge in [0, 0.05) is 37.0 Å². The third-order valence-electron chi connectivity index (χ3n) is 4.49. The Kier molecular flexibility index (Phi) is 3.54. The first-order valence-electron chi connectivity index (χ1n) is 6.86. The number of fused-ring (bicyclic) bond motifs is 2. The Morgan fingerprint density at radius 1 is 1.39 bits per heavy atom. The number of rotatable bonds is 3. The maximum atomic E-state index is 5.67. The number of nitrogens with two attached hydrogens (primary N) is 1. The number of nitrogen functional groups attached to an aromatic ring is 1. The first kappa shape index (κ1) is 12.4. The fraction of sp³-hybridized carbons (Fsp3) is 0.769. The summed E-state index contributed by atoms with van der Waals surface area (Å²) in [6.45, 7) is 3.60. The Balaban J connectivity index is 1.54. The molecule has 3 heterocycles. The molecule has 2 aliphatic heterocycles. The van der Waals surface area contributed by atoms with Gasteiger partial charge in [-0.05, 0) is 32.9 Å². The molecule has 5 heteroatoms. The van der Waals surface area contributed by atoms with Crippen molar-refractivity contribution in [2.45, 2.75) is 37.8 Å². The minimum absolute atomic E-state index is 0.694. The molecule has 2 aliphatic rings. The minimum atomic E-state index is 0.694. The van der Waals surface area contributed by atoms with Crippen LogP contribution >= 0.6 is 11.3 Å². The summed E-state index contributed by atoms with van der Waals surface area (Å²) in [5, 5.41) is 2.78. The number of likely N-dealkylation sites (N-methyl/N-ethyl adjacent to an activating group) is 1. The van der Waals surface area contributed by atoms with Gasteiger partial charge in [0.1, 0.15) is 0 Å². The molecular formula is C13H22N4S. The van der Waals surface area contributed by atoms with Crippen LogP contribution in [0.3, 0.4) is 0 Å². The van der Waals surface area contributed by atoms with Crippen LogP contribution in [0.5, 0.6) is 0 Å². The molecule has 0 radical (unpaired) electrons. The molecule has 100 valence electrons. The van der Waals surface area contributed by atoms with Crippen molar-refractivity contribution < 1.29 is 0 Å². The molecule has 0 aliphatic carbocycles. The average Bonchev–Trinajstić information content (AvgIpc) is 2.84. The molecule has 3 rings (SSSR count). The van der Waals surface area contributed by atoms with Crippen molar-refractivity contribution in [2.75, 3.05) is 32.4 Å². The summed E-state index contributed by atoms with van der Waals surface area (Å²) in [7, 11) is 2.30. The molecule has 0 amide bonds. The van der Waals surface area contributed by atoms with E-state index in [4.69, 9.17) is 5.73 Å². The van der Waals surface area contributed by atoms with Crippen LogP contribution < -0.4 is 5.73 Å². The molecule has 0 aromatic carbocycles. The second-order valence-corrected chi connectivity index (χ2v) is 6.46. The zero-order chi connectivity index (χ0) is 12.5. The number of thiazole rings is 1. The van der Waals surface area contributed by atoms with Crippen LogP contribution in [0.1, 0.15) is 25.0 Å². The van der Waals surface area contributed by atoms with Crippen molar-refractivity contribution in [1.29, 1.82) is 0 Å². The zero-order valence-electron chi connectivity index (χ0n) is 11.0. The number of likely N-dealkylation sites (tertiary alicyclic amines) is 1. The van der Waals surface area contributed by atoms with Gasteiger partial charge in [-0.25, -0.2) is 4.98 Å². The lowest BCUT2D eigenvalue weighted by atomic mass is 10.1. The summed E-state index contributed by atoms with van der Waals surface area (Å²) < 4.78 is 0. The molecule has 2 unspecified atom stereocenters. The SMILES string of the molecule is CN1C2CCC1CN(CCc1csc(N)n1)CC2. The Bertz CT molecular complexity index is 405. The molecule has 0 saturated carbocycles. The summed E-state index contributed by atoms with van der Waals surface area (Å²) in [6, 6.07) is 1.60. The van der Waals surface area contributed by atoms with Crippen LogP contribution in [0.25, 0.3) is 0 Å². The Morgan fingerprint density at radius 3 is 3.00 bits per heavy atom. The summed E-state index contributed by atoms with van der Waals surface area (Å²) in [5.41, 5.74) is 6.82. The van der Waals surface area contributed by atoms with E-state index in [-0.39, 0.29) is 0 Å². The minimum Gasteiger partial charge on any atom is -0.375 e. The molecule has 2 atom stereocenters. The van der Waals surface area contributed by atoms with Gasteiger partial charge in [0.2, 0.25) is 0 Å². The third kappa shape index (κ3) is 2.53. The number of aromatic nitrogens is 1. The van der Waals surface area contributed by atoms with Crippen LogP contribution in [0.15, 0.2) is 5.38 Å². The molecule has 1 aromatic heterocycles. The van der Waals surface area contributed by atoms with Crippen molar-refractivity contribution in [1.82, 2.24) is 14.8 Å². The third-order valence-corrected chi connectivity index (χ3v) is 5.21. The van der Waals surface area contributed by atoms with Crippen LogP contribution in [-0.4, -0.2) is 53.5 Å². The molecule has 0 spiro atoms. The van der Waals surface area contributed by atoms with Crippen LogP contribution in [-0.2, 0) is 6.42 Å². The van der Waals surface area contributed by atoms with Crippen LogP contribution in [0, 0.1) is 0 Å². The number of nitrogens with zero attached hydrogens (tertiary/aromatic N) is 3. The molecule has 4 nitrogen and oxygen atoms in total. The average molecular weight is 266 g/mol. The summed E-state index contributed by atoms with van der Waals surface area (Å²) in [6.07, 6.45) is 5.14. The quantitative estimate of drug-likeness (QED) is 0.899. The highest BCUT2D eigenvalue weighted by atomic mass is 32.1. The predicted molar refractivity (Wildman–Crippen MR) is 75.9 cm³/mol. The lowest BCUT2D eigenvalue weighted by Gasteiger charge is -2.25. The largest absolute Gasteiger partial charge is 0.375 e. The standard InChI is InChI=1S/C13H22N4S/c1-16-11-2-3-12(16)8-17(7-5-11)6-4-10-9-18-13(14)15-10/h9,11-12H,2-8H2,1H3,(H2,14,15). The lowest BCUT2D eigenvalue weighted by molar-refractivity contribution is 0.220. The Labute approximate surface area is 113 Å². The monoisotopic (exact) mass is 266 g/mol. The van der Waals surface area contributed by atoms with E-state index in [1.165, 1.54) is 32.4 Å². The Morgan fingerprint density at radius 2 is 2.22 bits per heavy atom. The molecule has 18 heavy (non-hydrogen) atoms. The van der Waals surface area contributed by atoms with E-state index in [0.29, 0.717) is 5.13 Å². The highest BCUT2D eigenvalue weighted by Gasteiger charge is 2.34. The van der Waals surface area contributed by atoms with E-state index >= 15 is 0 Å². The van der Waals surface area contributed by atoms with Crippen LogP contribution in [0.2, 0.25) is 0 Å². The smallest absolute Gasteiger partial charge is 0.180 e. The second-order valence-electron chi connectivity index (χ2n) is 5.57. The predicted octanol–water partition coefficient (Wildman–Crippen LogP) is 1.44. The van der Waals surface area contributed by atoms with Gasteiger partial charge in [-0.3, -0.25) is 4.90 Å². The van der Waals surface area contributed by atoms with Gasteiger partial charge in [0.15, 0.2) is 5.13 Å². The molecular weight excluding hydrogens is 244 g/mol. The van der Waals surface area contributed by atoms with Crippen molar-refractivity contribution in [3.8, 4) is 0 Å². The number of hydrogen-bond acceptors (Lipinski definition) is 5. The maximum absolute atomic E-state index is 5.67. The van der Waals surface area contributed by atoms with Gasteiger partial charge in [0.05, 0.1) is 5.69 Å². The second kappa shape index (κ2) is 5.15. The molecule has 1 aromatic rings. The highest BCUT2D eigenvalue weighted by molar-refractivity contribution is 7.13. The fourth-order valence-electron chi connectivity index (χ4n) is 3.29. The lowest BCUT2D eigenvalue weighted by Crippen LogP contribution is -2.37. The topological polar surface area (TPSA) is 45.4 Å².